The Morgan fingerprint density at radius 3 is 2.53 bits per heavy atom. The normalized spacial score (nSPS) is 15.2. The maximum absolute atomic E-state index is 8.93. The van der Waals surface area contributed by atoms with Crippen molar-refractivity contribution in [2.24, 2.45) is 0 Å². The van der Waals surface area contributed by atoms with E-state index in [2.05, 4.69) is 26.1 Å². The van der Waals surface area contributed by atoms with E-state index in [1.54, 1.807) is 0 Å². The number of aliphatic hydroxyl groups is 1. The first-order valence-electron chi connectivity index (χ1n) is 6.12. The minimum absolute atomic E-state index is 0.0584. The van der Waals surface area contributed by atoms with E-state index in [4.69, 9.17) is 9.84 Å². The molecule has 15 heavy (non-hydrogen) atoms. The Bertz CT molecular complexity index is 142. The van der Waals surface area contributed by atoms with Crippen molar-refractivity contribution in [1.29, 1.82) is 0 Å². The van der Waals surface area contributed by atoms with Crippen LogP contribution in [0.1, 0.15) is 46.5 Å². The summed E-state index contributed by atoms with van der Waals surface area (Å²) in [7, 11) is 0. The van der Waals surface area contributed by atoms with Crippen LogP contribution in [0.25, 0.3) is 0 Å². The van der Waals surface area contributed by atoms with E-state index in [0.717, 1.165) is 39.0 Å². The van der Waals surface area contributed by atoms with Crippen molar-refractivity contribution in [3.63, 3.8) is 0 Å². The topological polar surface area (TPSA) is 41.5 Å². The highest BCUT2D eigenvalue weighted by molar-refractivity contribution is 4.80. The minimum Gasteiger partial charge on any atom is -0.396 e. The summed E-state index contributed by atoms with van der Waals surface area (Å²) in [5.41, 5.74) is 0.0584. The molecule has 0 saturated heterocycles. The first-order chi connectivity index (χ1) is 7.18. The van der Waals surface area contributed by atoms with Gasteiger partial charge < -0.3 is 15.2 Å². The van der Waals surface area contributed by atoms with Crippen LogP contribution in [0.5, 0.6) is 0 Å². The Morgan fingerprint density at radius 1 is 1.27 bits per heavy atom. The molecule has 0 spiro atoms. The van der Waals surface area contributed by atoms with Gasteiger partial charge in [-0.1, -0.05) is 20.3 Å². The quantitative estimate of drug-likeness (QED) is 0.550. The summed E-state index contributed by atoms with van der Waals surface area (Å²) in [4.78, 5) is 0. The summed E-state index contributed by atoms with van der Waals surface area (Å²) in [5, 5.41) is 12.4. The van der Waals surface area contributed by atoms with Gasteiger partial charge in [-0.2, -0.15) is 0 Å². The molecule has 3 heteroatoms. The maximum Gasteiger partial charge on any atom is 0.0591 e. The standard InChI is InChI=1S/C12H27NO2/c1-4-6-10-15-11-8-13-12(3,5-2)7-9-14/h13-14H,4-11H2,1-3H3. The molecule has 0 aromatic heterocycles. The molecule has 3 nitrogen and oxygen atoms in total. The molecule has 0 rings (SSSR count). The Kier molecular flexibility index (Phi) is 9.06. The third kappa shape index (κ3) is 7.77. The van der Waals surface area contributed by atoms with Crippen LogP contribution in [0.2, 0.25) is 0 Å². The van der Waals surface area contributed by atoms with Crippen molar-refractivity contribution in [3.8, 4) is 0 Å². The van der Waals surface area contributed by atoms with Crippen LogP contribution in [-0.2, 0) is 4.74 Å². The third-order valence-corrected chi connectivity index (χ3v) is 2.88. The van der Waals surface area contributed by atoms with Crippen LogP contribution in [-0.4, -0.2) is 37.0 Å². The predicted octanol–water partition coefficient (Wildman–Crippen LogP) is 1.94. The molecule has 2 N–H and O–H groups in total. The van der Waals surface area contributed by atoms with Crippen molar-refractivity contribution in [3.05, 3.63) is 0 Å². The van der Waals surface area contributed by atoms with E-state index in [1.807, 2.05) is 0 Å². The average Bonchev–Trinajstić information content (AvgIpc) is 2.24. The molecule has 1 unspecified atom stereocenters. The molecule has 0 bridgehead atoms. The fourth-order valence-corrected chi connectivity index (χ4v) is 1.41. The molecule has 0 aromatic rings. The fraction of sp³-hybridized carbons (Fsp3) is 1.00. The Labute approximate surface area is 94.2 Å². The van der Waals surface area contributed by atoms with E-state index in [9.17, 15) is 0 Å². The van der Waals surface area contributed by atoms with E-state index in [-0.39, 0.29) is 12.1 Å². The van der Waals surface area contributed by atoms with Gasteiger partial charge in [0, 0.05) is 25.3 Å². The number of nitrogens with one attached hydrogen (secondary N) is 1. The van der Waals surface area contributed by atoms with Gasteiger partial charge in [0.1, 0.15) is 0 Å². The Hall–Kier alpha value is -0.120. The molecule has 0 radical (unpaired) electrons. The summed E-state index contributed by atoms with van der Waals surface area (Å²) < 4.78 is 5.47. The smallest absolute Gasteiger partial charge is 0.0591 e. The molecule has 0 heterocycles. The van der Waals surface area contributed by atoms with E-state index in [1.165, 1.54) is 6.42 Å². The highest BCUT2D eigenvalue weighted by Crippen LogP contribution is 2.12. The zero-order valence-electron chi connectivity index (χ0n) is 10.5. The number of aliphatic hydroxyl groups excluding tert-OH is 1. The molecule has 0 aliphatic heterocycles. The van der Waals surface area contributed by atoms with Gasteiger partial charge in [0.05, 0.1) is 6.61 Å². The maximum atomic E-state index is 8.93. The van der Waals surface area contributed by atoms with Gasteiger partial charge in [-0.05, 0) is 26.2 Å². The van der Waals surface area contributed by atoms with Gasteiger partial charge >= 0.3 is 0 Å². The second-order valence-electron chi connectivity index (χ2n) is 4.28. The molecule has 92 valence electrons. The van der Waals surface area contributed by atoms with E-state index < -0.39 is 0 Å². The lowest BCUT2D eigenvalue weighted by Gasteiger charge is -2.29. The zero-order chi connectivity index (χ0) is 11.6. The molecular weight excluding hydrogens is 190 g/mol. The summed E-state index contributed by atoms with van der Waals surface area (Å²) in [6.45, 7) is 9.19. The lowest BCUT2D eigenvalue weighted by atomic mass is 9.95. The third-order valence-electron chi connectivity index (χ3n) is 2.88. The van der Waals surface area contributed by atoms with Crippen LogP contribution in [0.15, 0.2) is 0 Å². The van der Waals surface area contributed by atoms with E-state index in [0.29, 0.717) is 0 Å². The van der Waals surface area contributed by atoms with Crippen molar-refractivity contribution in [2.75, 3.05) is 26.4 Å². The molecule has 0 amide bonds. The van der Waals surface area contributed by atoms with Crippen molar-refractivity contribution < 1.29 is 9.84 Å². The second kappa shape index (κ2) is 9.13. The van der Waals surface area contributed by atoms with Crippen LogP contribution < -0.4 is 5.32 Å². The Balaban J connectivity index is 3.46. The highest BCUT2D eigenvalue weighted by Gasteiger charge is 2.19. The highest BCUT2D eigenvalue weighted by atomic mass is 16.5. The summed E-state index contributed by atoms with van der Waals surface area (Å²) in [6, 6.07) is 0. The second-order valence-corrected chi connectivity index (χ2v) is 4.28. The summed E-state index contributed by atoms with van der Waals surface area (Å²) >= 11 is 0. The first kappa shape index (κ1) is 14.9. The number of unbranched alkanes of at least 4 members (excludes halogenated alkanes) is 1. The van der Waals surface area contributed by atoms with Crippen molar-refractivity contribution in [1.82, 2.24) is 5.32 Å². The van der Waals surface area contributed by atoms with E-state index >= 15 is 0 Å². The van der Waals surface area contributed by atoms with Crippen LogP contribution in [0, 0.1) is 0 Å². The largest absolute Gasteiger partial charge is 0.396 e. The SMILES string of the molecule is CCCCOCCNC(C)(CC)CCO. The fourth-order valence-electron chi connectivity index (χ4n) is 1.41. The van der Waals surface area contributed by atoms with Gasteiger partial charge in [0.15, 0.2) is 0 Å². The van der Waals surface area contributed by atoms with Gasteiger partial charge in [-0.25, -0.2) is 0 Å². The minimum atomic E-state index is 0.0584. The first-order valence-corrected chi connectivity index (χ1v) is 6.12. The number of hydrogen-bond acceptors (Lipinski definition) is 3. The van der Waals surface area contributed by atoms with Crippen molar-refractivity contribution in [2.45, 2.75) is 52.0 Å². The van der Waals surface area contributed by atoms with Crippen LogP contribution in [0.4, 0.5) is 0 Å². The lowest BCUT2D eigenvalue weighted by molar-refractivity contribution is 0.121. The average molecular weight is 217 g/mol. The predicted molar refractivity (Wildman–Crippen MR) is 64.1 cm³/mol. The van der Waals surface area contributed by atoms with Gasteiger partial charge in [-0.15, -0.1) is 0 Å². The van der Waals surface area contributed by atoms with Gasteiger partial charge in [0.25, 0.3) is 0 Å². The molecule has 0 saturated carbocycles. The summed E-state index contributed by atoms with van der Waals surface area (Å²) in [5.74, 6) is 0. The van der Waals surface area contributed by atoms with Crippen molar-refractivity contribution >= 4 is 0 Å². The number of rotatable bonds is 10. The molecular formula is C12H27NO2. The summed E-state index contributed by atoms with van der Waals surface area (Å²) in [6.07, 6.45) is 4.16. The monoisotopic (exact) mass is 217 g/mol. The van der Waals surface area contributed by atoms with Gasteiger partial charge in [-0.3, -0.25) is 0 Å². The lowest BCUT2D eigenvalue weighted by Crippen LogP contribution is -2.44. The Morgan fingerprint density at radius 2 is 2.00 bits per heavy atom. The number of hydrogen-bond donors (Lipinski definition) is 2. The molecule has 0 aliphatic carbocycles. The molecule has 0 aromatic carbocycles. The van der Waals surface area contributed by atoms with Gasteiger partial charge in [0.2, 0.25) is 0 Å². The molecule has 0 fully saturated rings. The van der Waals surface area contributed by atoms with Crippen LogP contribution >= 0.6 is 0 Å². The zero-order valence-corrected chi connectivity index (χ0v) is 10.5. The molecule has 0 aliphatic rings. The number of ether oxygens (including phenoxy) is 1. The van der Waals surface area contributed by atoms with Crippen LogP contribution in [0.3, 0.4) is 0 Å². The molecule has 1 atom stereocenters.